The van der Waals surface area contributed by atoms with Crippen LogP contribution in [0.25, 0.3) is 23.1 Å². The maximum absolute atomic E-state index is 14.6. The Morgan fingerprint density at radius 3 is 2.39 bits per heavy atom. The molecule has 0 bridgehead atoms. The minimum Gasteiger partial charge on any atom is -0.497 e. The van der Waals surface area contributed by atoms with Gasteiger partial charge in [0.1, 0.15) is 23.0 Å². The van der Waals surface area contributed by atoms with Gasteiger partial charge in [-0.2, -0.15) is 4.98 Å². The second-order valence-electron chi connectivity index (χ2n) is 8.47. The van der Waals surface area contributed by atoms with Crippen LogP contribution in [-0.4, -0.2) is 44.0 Å². The molecule has 4 rings (SSSR count). The Balaban J connectivity index is 1.50. The maximum atomic E-state index is 14.6. The summed E-state index contributed by atoms with van der Waals surface area (Å²) >= 11 is 0. The molecule has 0 radical (unpaired) electrons. The molecule has 0 spiro atoms. The summed E-state index contributed by atoms with van der Waals surface area (Å²) in [7, 11) is 1.51. The van der Waals surface area contributed by atoms with Crippen molar-refractivity contribution in [3.05, 3.63) is 65.2 Å². The van der Waals surface area contributed by atoms with E-state index < -0.39 is 12.0 Å². The van der Waals surface area contributed by atoms with Crippen LogP contribution >= 0.6 is 0 Å². The van der Waals surface area contributed by atoms with Crippen molar-refractivity contribution in [1.82, 2.24) is 24.9 Å². The lowest BCUT2D eigenvalue weighted by Gasteiger charge is -2.19. The van der Waals surface area contributed by atoms with Gasteiger partial charge >= 0.3 is 6.36 Å². The van der Waals surface area contributed by atoms with Crippen molar-refractivity contribution in [2.75, 3.05) is 7.11 Å². The minimum atomic E-state index is -4.78. The quantitative estimate of drug-likeness (QED) is 0.379. The number of hydrogen-bond acceptors (Lipinski definition) is 7. The summed E-state index contributed by atoms with van der Waals surface area (Å²) in [5.74, 6) is 1.12. The van der Waals surface area contributed by atoms with Gasteiger partial charge in [0.25, 0.3) is 5.89 Å². The van der Waals surface area contributed by atoms with Crippen LogP contribution in [0.1, 0.15) is 26.1 Å². The van der Waals surface area contributed by atoms with Gasteiger partial charge < -0.3 is 14.0 Å². The number of alkyl halides is 4. The Morgan fingerprint density at radius 1 is 1.03 bits per heavy atom. The highest BCUT2D eigenvalue weighted by Crippen LogP contribution is 2.31. The van der Waals surface area contributed by atoms with Gasteiger partial charge in [0.2, 0.25) is 11.6 Å². The fourth-order valence-electron chi connectivity index (χ4n) is 3.60. The van der Waals surface area contributed by atoms with Crippen molar-refractivity contribution >= 4 is 0 Å². The first-order valence-corrected chi connectivity index (χ1v) is 10.9. The molecule has 1 aliphatic rings. The van der Waals surface area contributed by atoms with Crippen LogP contribution in [-0.2, 0) is 11.3 Å². The second kappa shape index (κ2) is 9.59. The van der Waals surface area contributed by atoms with Crippen molar-refractivity contribution in [3.8, 4) is 28.9 Å². The van der Waals surface area contributed by atoms with Crippen molar-refractivity contribution < 1.29 is 31.6 Å². The molecule has 1 aliphatic carbocycles. The molecular weight excluding hydrogens is 482 g/mol. The molecule has 8 nitrogen and oxygen atoms in total. The smallest absolute Gasteiger partial charge is 0.497 e. The normalized spacial score (nSPS) is 14.6. The fourth-order valence-corrected chi connectivity index (χ4v) is 3.60. The van der Waals surface area contributed by atoms with Crippen LogP contribution in [0.15, 0.2) is 63.9 Å². The van der Waals surface area contributed by atoms with E-state index in [1.807, 2.05) is 12.2 Å². The molecule has 12 heteroatoms. The van der Waals surface area contributed by atoms with Crippen molar-refractivity contribution in [3.63, 3.8) is 0 Å². The van der Waals surface area contributed by atoms with Gasteiger partial charge in [0.05, 0.1) is 13.7 Å². The van der Waals surface area contributed by atoms with Gasteiger partial charge in [-0.1, -0.05) is 17.3 Å². The SMILES string of the molecule is COC1=C(C(C)(C)F)CC=C(Cn2nc(-c3nc(-c4ccc(OC(F)(F)F)cc4)no3)nc2C)C=C1. The van der Waals surface area contributed by atoms with E-state index in [4.69, 9.17) is 9.26 Å². The average Bonchev–Trinajstić information content (AvgIpc) is 3.35. The number of allylic oxidation sites excluding steroid dienone is 5. The number of benzene rings is 1. The molecule has 0 atom stereocenters. The Morgan fingerprint density at radius 2 is 1.75 bits per heavy atom. The molecule has 2 aromatic heterocycles. The molecule has 0 N–H and O–H groups in total. The number of rotatable bonds is 7. The number of nitrogens with zero attached hydrogens (tertiary/aromatic N) is 5. The van der Waals surface area contributed by atoms with Crippen LogP contribution in [0.2, 0.25) is 0 Å². The number of hydrogen-bond donors (Lipinski definition) is 0. The zero-order chi connectivity index (χ0) is 26.1. The standard InChI is InChI=1S/C24H23F4N5O3/c1-14-29-21(22-30-20(32-36-22)16-7-9-17(10-8-16)35-24(26,27)28)31-33(14)13-15-5-11-18(23(2,3)25)19(34-4)12-6-15/h5-10,12H,11,13H2,1-4H3. The van der Waals surface area contributed by atoms with E-state index in [1.165, 1.54) is 33.1 Å². The zero-order valence-electron chi connectivity index (χ0n) is 19.9. The molecule has 36 heavy (non-hydrogen) atoms. The number of aryl methyl sites for hydroxylation is 1. The molecular formula is C24H23F4N5O3. The fraction of sp³-hybridized carbons (Fsp3) is 0.333. The monoisotopic (exact) mass is 505 g/mol. The number of aromatic nitrogens is 5. The molecule has 2 heterocycles. The van der Waals surface area contributed by atoms with E-state index in [0.717, 1.165) is 17.7 Å². The summed E-state index contributed by atoms with van der Waals surface area (Å²) in [6, 6.07) is 5.08. The van der Waals surface area contributed by atoms with E-state index in [9.17, 15) is 17.6 Å². The zero-order valence-corrected chi connectivity index (χ0v) is 19.9. The van der Waals surface area contributed by atoms with Gasteiger partial charge in [-0.25, -0.2) is 14.1 Å². The van der Waals surface area contributed by atoms with Crippen LogP contribution in [0, 0.1) is 6.92 Å². The highest BCUT2D eigenvalue weighted by atomic mass is 19.4. The predicted octanol–water partition coefficient (Wildman–Crippen LogP) is 5.74. The summed E-state index contributed by atoms with van der Waals surface area (Å²) in [6.45, 7) is 5.12. The van der Waals surface area contributed by atoms with Crippen LogP contribution < -0.4 is 4.74 Å². The van der Waals surface area contributed by atoms with Crippen LogP contribution in [0.3, 0.4) is 0 Å². The number of methoxy groups -OCH3 is 1. The summed E-state index contributed by atoms with van der Waals surface area (Å²) in [6.07, 6.45) is 1.10. The van der Waals surface area contributed by atoms with Gasteiger partial charge in [-0.3, -0.25) is 0 Å². The van der Waals surface area contributed by atoms with Crippen molar-refractivity contribution in [2.24, 2.45) is 0 Å². The molecule has 1 aromatic carbocycles. The van der Waals surface area contributed by atoms with Gasteiger partial charge in [0.15, 0.2) is 0 Å². The van der Waals surface area contributed by atoms with Crippen molar-refractivity contribution in [1.29, 1.82) is 0 Å². The summed E-state index contributed by atoms with van der Waals surface area (Å²) in [4.78, 5) is 8.64. The van der Waals surface area contributed by atoms with Crippen molar-refractivity contribution in [2.45, 2.75) is 45.8 Å². The van der Waals surface area contributed by atoms with E-state index in [1.54, 1.807) is 17.7 Å². The van der Waals surface area contributed by atoms with Crippen LogP contribution in [0.5, 0.6) is 5.75 Å². The maximum Gasteiger partial charge on any atom is 0.573 e. The largest absolute Gasteiger partial charge is 0.573 e. The third-order valence-corrected chi connectivity index (χ3v) is 5.40. The first-order valence-electron chi connectivity index (χ1n) is 10.9. The summed E-state index contributed by atoms with van der Waals surface area (Å²) in [5.41, 5.74) is 0.330. The Kier molecular flexibility index (Phi) is 6.70. The molecule has 0 unspecified atom stereocenters. The lowest BCUT2D eigenvalue weighted by molar-refractivity contribution is -0.274. The highest BCUT2D eigenvalue weighted by molar-refractivity contribution is 5.57. The van der Waals surface area contributed by atoms with E-state index in [0.29, 0.717) is 35.7 Å². The van der Waals surface area contributed by atoms with Gasteiger partial charge in [0, 0.05) is 11.1 Å². The molecule has 0 amide bonds. The second-order valence-corrected chi connectivity index (χ2v) is 8.47. The van der Waals surface area contributed by atoms with E-state index >= 15 is 0 Å². The summed E-state index contributed by atoms with van der Waals surface area (Å²) in [5, 5.41) is 8.31. The van der Waals surface area contributed by atoms with Gasteiger partial charge in [-0.05, 0) is 63.1 Å². The predicted molar refractivity (Wildman–Crippen MR) is 121 cm³/mol. The first kappa shape index (κ1) is 25.1. The Labute approximate surface area is 203 Å². The molecule has 3 aromatic rings. The molecule has 0 aliphatic heterocycles. The minimum absolute atomic E-state index is 0.0534. The van der Waals surface area contributed by atoms with Gasteiger partial charge in [-0.15, -0.1) is 18.3 Å². The molecule has 0 fully saturated rings. The lowest BCUT2D eigenvalue weighted by atomic mass is 9.95. The van der Waals surface area contributed by atoms with E-state index in [-0.39, 0.29) is 23.3 Å². The topological polar surface area (TPSA) is 88.1 Å². The number of halogens is 4. The average molecular weight is 505 g/mol. The summed E-state index contributed by atoms with van der Waals surface area (Å²) < 4.78 is 67.8. The highest BCUT2D eigenvalue weighted by Gasteiger charge is 2.31. The third kappa shape index (κ3) is 5.81. The molecule has 0 saturated carbocycles. The van der Waals surface area contributed by atoms with Crippen LogP contribution in [0.4, 0.5) is 17.6 Å². The Bertz CT molecular complexity index is 1330. The molecule has 190 valence electrons. The lowest BCUT2D eigenvalue weighted by Crippen LogP contribution is -2.17. The third-order valence-electron chi connectivity index (χ3n) is 5.40. The first-order chi connectivity index (χ1) is 16.9. The number of ether oxygens (including phenoxy) is 2. The van der Waals surface area contributed by atoms with E-state index in [2.05, 4.69) is 25.0 Å². The molecule has 0 saturated heterocycles. The Hall–Kier alpha value is -3.96.